The number of nitrogen functional groups attached to an aromatic ring is 1. The van der Waals surface area contributed by atoms with Crippen LogP contribution in [0.4, 0.5) is 14.5 Å². The fourth-order valence-electron chi connectivity index (χ4n) is 0.988. The average Bonchev–Trinajstić information content (AvgIpc) is 2.46. The molecule has 15 heavy (non-hydrogen) atoms. The standard InChI is InChI=1S/C8H13F2N3O2/c1-14-2-3-15-8-6(11)4-13(12-8)5-7(9)10/h4,7H,2-3,5,11H2,1H3. The Kier molecular flexibility index (Phi) is 4.29. The molecule has 0 aromatic carbocycles. The Hall–Kier alpha value is -1.37. The highest BCUT2D eigenvalue weighted by atomic mass is 19.3. The Morgan fingerprint density at radius 2 is 2.27 bits per heavy atom. The number of hydrogen-bond acceptors (Lipinski definition) is 4. The summed E-state index contributed by atoms with van der Waals surface area (Å²) in [6, 6.07) is 0. The van der Waals surface area contributed by atoms with Gasteiger partial charge in [0.05, 0.1) is 12.8 Å². The van der Waals surface area contributed by atoms with Crippen LogP contribution in [0.1, 0.15) is 0 Å². The van der Waals surface area contributed by atoms with Crippen molar-refractivity contribution in [2.75, 3.05) is 26.1 Å². The molecule has 1 heterocycles. The van der Waals surface area contributed by atoms with E-state index >= 15 is 0 Å². The number of nitrogens with two attached hydrogens (primary N) is 1. The summed E-state index contributed by atoms with van der Waals surface area (Å²) in [5.41, 5.74) is 5.75. The van der Waals surface area contributed by atoms with Crippen LogP contribution in [0.15, 0.2) is 6.20 Å². The second-order valence-corrected chi connectivity index (χ2v) is 2.84. The first-order valence-corrected chi connectivity index (χ1v) is 4.36. The van der Waals surface area contributed by atoms with Crippen LogP contribution >= 0.6 is 0 Å². The molecular weight excluding hydrogens is 208 g/mol. The van der Waals surface area contributed by atoms with Crippen LogP contribution < -0.4 is 10.5 Å². The van der Waals surface area contributed by atoms with Crippen LogP contribution in [0.3, 0.4) is 0 Å². The van der Waals surface area contributed by atoms with Gasteiger partial charge in [-0.25, -0.2) is 8.78 Å². The number of hydrogen-bond donors (Lipinski definition) is 1. The zero-order valence-electron chi connectivity index (χ0n) is 8.32. The van der Waals surface area contributed by atoms with E-state index in [2.05, 4.69) is 5.10 Å². The molecule has 1 aromatic heterocycles. The highest BCUT2D eigenvalue weighted by molar-refractivity contribution is 5.45. The fourth-order valence-corrected chi connectivity index (χ4v) is 0.988. The van der Waals surface area contributed by atoms with E-state index in [9.17, 15) is 8.78 Å². The Labute approximate surface area is 85.8 Å². The molecule has 0 fully saturated rings. The van der Waals surface area contributed by atoms with Crippen molar-refractivity contribution in [3.8, 4) is 5.88 Å². The molecule has 0 saturated carbocycles. The summed E-state index contributed by atoms with van der Waals surface area (Å²) < 4.78 is 34.9. The van der Waals surface area contributed by atoms with Crippen molar-refractivity contribution in [1.82, 2.24) is 9.78 Å². The van der Waals surface area contributed by atoms with Crippen LogP contribution in [0.25, 0.3) is 0 Å². The molecule has 7 heteroatoms. The number of methoxy groups -OCH3 is 1. The second-order valence-electron chi connectivity index (χ2n) is 2.84. The SMILES string of the molecule is COCCOc1nn(CC(F)F)cc1N. The molecule has 0 aliphatic heterocycles. The quantitative estimate of drug-likeness (QED) is 0.720. The number of alkyl halides is 2. The maximum absolute atomic E-state index is 12.0. The highest BCUT2D eigenvalue weighted by Crippen LogP contribution is 2.18. The van der Waals surface area contributed by atoms with Crippen molar-refractivity contribution in [2.24, 2.45) is 0 Å². The Morgan fingerprint density at radius 1 is 1.53 bits per heavy atom. The first-order chi connectivity index (χ1) is 7.13. The molecule has 1 aromatic rings. The van der Waals surface area contributed by atoms with E-state index < -0.39 is 13.0 Å². The van der Waals surface area contributed by atoms with Crippen LogP contribution in [-0.2, 0) is 11.3 Å². The van der Waals surface area contributed by atoms with Crippen molar-refractivity contribution in [2.45, 2.75) is 13.0 Å². The van der Waals surface area contributed by atoms with Gasteiger partial charge in [0.15, 0.2) is 0 Å². The maximum Gasteiger partial charge on any atom is 0.257 e. The highest BCUT2D eigenvalue weighted by Gasteiger charge is 2.10. The van der Waals surface area contributed by atoms with Gasteiger partial charge in [-0.1, -0.05) is 0 Å². The molecular formula is C8H13F2N3O2. The van der Waals surface area contributed by atoms with Gasteiger partial charge in [0.25, 0.3) is 12.3 Å². The van der Waals surface area contributed by atoms with E-state index in [1.165, 1.54) is 13.3 Å². The van der Waals surface area contributed by atoms with Gasteiger partial charge >= 0.3 is 0 Å². The van der Waals surface area contributed by atoms with Crippen molar-refractivity contribution in [1.29, 1.82) is 0 Å². The second kappa shape index (κ2) is 5.50. The number of anilines is 1. The van der Waals surface area contributed by atoms with E-state index in [-0.39, 0.29) is 18.2 Å². The Morgan fingerprint density at radius 3 is 2.87 bits per heavy atom. The zero-order valence-corrected chi connectivity index (χ0v) is 8.32. The third-order valence-corrected chi connectivity index (χ3v) is 1.61. The summed E-state index contributed by atoms with van der Waals surface area (Å²) in [4.78, 5) is 0. The summed E-state index contributed by atoms with van der Waals surface area (Å²) in [6.45, 7) is 0.186. The lowest BCUT2D eigenvalue weighted by atomic mass is 10.5. The number of nitrogens with zero attached hydrogens (tertiary/aromatic N) is 2. The van der Waals surface area contributed by atoms with Gasteiger partial charge in [0.2, 0.25) is 0 Å². The normalized spacial score (nSPS) is 10.9. The number of rotatable bonds is 6. The minimum Gasteiger partial charge on any atom is -0.473 e. The van der Waals surface area contributed by atoms with Crippen LogP contribution in [0, 0.1) is 0 Å². The van der Waals surface area contributed by atoms with Crippen molar-refractivity contribution < 1.29 is 18.3 Å². The van der Waals surface area contributed by atoms with E-state index in [1.54, 1.807) is 0 Å². The lowest BCUT2D eigenvalue weighted by molar-refractivity contribution is 0.119. The van der Waals surface area contributed by atoms with E-state index in [0.717, 1.165) is 4.68 Å². The summed E-state index contributed by atoms with van der Waals surface area (Å²) in [5, 5.41) is 3.76. The molecule has 0 aliphatic carbocycles. The number of ether oxygens (including phenoxy) is 2. The molecule has 2 N–H and O–H groups in total. The number of halogens is 2. The molecule has 86 valence electrons. The summed E-state index contributed by atoms with van der Waals surface area (Å²) in [5.74, 6) is 0.160. The molecule has 0 radical (unpaired) electrons. The first-order valence-electron chi connectivity index (χ1n) is 4.36. The third kappa shape index (κ3) is 3.70. The molecule has 0 saturated heterocycles. The van der Waals surface area contributed by atoms with E-state index in [1.807, 2.05) is 0 Å². The van der Waals surface area contributed by atoms with Crippen LogP contribution in [-0.4, -0.2) is 36.5 Å². The number of aromatic nitrogens is 2. The molecule has 1 rings (SSSR count). The predicted octanol–water partition coefficient (Wildman–Crippen LogP) is 0.756. The van der Waals surface area contributed by atoms with Gasteiger partial charge < -0.3 is 15.2 Å². The van der Waals surface area contributed by atoms with Crippen molar-refractivity contribution in [3.63, 3.8) is 0 Å². The molecule has 0 unspecified atom stereocenters. The predicted molar refractivity (Wildman–Crippen MR) is 50.0 cm³/mol. The third-order valence-electron chi connectivity index (χ3n) is 1.61. The van der Waals surface area contributed by atoms with E-state index in [0.29, 0.717) is 6.61 Å². The summed E-state index contributed by atoms with van der Waals surface area (Å²) in [7, 11) is 1.53. The molecule has 0 spiro atoms. The summed E-state index contributed by atoms with van der Waals surface area (Å²) in [6.07, 6.45) is -1.15. The van der Waals surface area contributed by atoms with Gasteiger partial charge in [0, 0.05) is 7.11 Å². The van der Waals surface area contributed by atoms with Gasteiger partial charge in [-0.15, -0.1) is 5.10 Å². The maximum atomic E-state index is 12.0. The average molecular weight is 221 g/mol. The molecule has 0 bridgehead atoms. The molecule has 5 nitrogen and oxygen atoms in total. The zero-order chi connectivity index (χ0) is 11.3. The smallest absolute Gasteiger partial charge is 0.257 e. The topological polar surface area (TPSA) is 62.3 Å². The molecule has 0 amide bonds. The first kappa shape index (κ1) is 11.7. The lowest BCUT2D eigenvalue weighted by Crippen LogP contribution is -2.08. The monoisotopic (exact) mass is 221 g/mol. The van der Waals surface area contributed by atoms with Gasteiger partial charge in [-0.3, -0.25) is 4.68 Å². The largest absolute Gasteiger partial charge is 0.473 e. The van der Waals surface area contributed by atoms with Gasteiger partial charge in [-0.2, -0.15) is 0 Å². The van der Waals surface area contributed by atoms with E-state index in [4.69, 9.17) is 15.2 Å². The summed E-state index contributed by atoms with van der Waals surface area (Å²) >= 11 is 0. The fraction of sp³-hybridized carbons (Fsp3) is 0.625. The van der Waals surface area contributed by atoms with Crippen LogP contribution in [0.5, 0.6) is 5.88 Å². The molecule has 0 aliphatic rings. The van der Waals surface area contributed by atoms with Gasteiger partial charge in [-0.05, 0) is 0 Å². The minimum atomic E-state index is -2.46. The Balaban J connectivity index is 2.53. The minimum absolute atomic E-state index is 0.160. The lowest BCUT2D eigenvalue weighted by Gasteiger charge is -2.02. The van der Waals surface area contributed by atoms with Crippen molar-refractivity contribution >= 4 is 5.69 Å². The van der Waals surface area contributed by atoms with Gasteiger partial charge in [0.1, 0.15) is 18.8 Å². The molecule has 0 atom stereocenters. The Bertz CT molecular complexity index is 304. The van der Waals surface area contributed by atoms with Crippen LogP contribution in [0.2, 0.25) is 0 Å². The van der Waals surface area contributed by atoms with Crippen molar-refractivity contribution in [3.05, 3.63) is 6.20 Å².